The number of carboxylic acids is 3. The van der Waals surface area contributed by atoms with Crippen LogP contribution in [0.1, 0.15) is 71.3 Å². The lowest BCUT2D eigenvalue weighted by molar-refractivity contribution is -0.142. The molecule has 0 fully saturated rings. The van der Waals surface area contributed by atoms with E-state index in [-0.39, 0.29) is 121 Å². The molecule has 372 valence electrons. The Labute approximate surface area is 386 Å². The zero-order valence-electron chi connectivity index (χ0n) is 38.6. The fourth-order valence-electron chi connectivity index (χ4n) is 7.45. The molecule has 21 nitrogen and oxygen atoms in total. The second-order valence-electron chi connectivity index (χ2n) is 16.8. The normalized spacial score (nSPS) is 16.8. The molecule has 0 saturated carbocycles. The minimum atomic E-state index is -1.21. The van der Waals surface area contributed by atoms with Crippen LogP contribution in [0.3, 0.4) is 0 Å². The van der Waals surface area contributed by atoms with Crippen molar-refractivity contribution in [2.75, 3.05) is 105 Å². The van der Waals surface area contributed by atoms with E-state index in [1.807, 2.05) is 26.0 Å². The minimum Gasteiger partial charge on any atom is -0.494 e. The Morgan fingerprint density at radius 2 is 1.26 bits per heavy atom. The van der Waals surface area contributed by atoms with E-state index in [2.05, 4.69) is 5.32 Å². The highest BCUT2D eigenvalue weighted by Gasteiger charge is 2.36. The zero-order valence-corrected chi connectivity index (χ0v) is 38.6. The van der Waals surface area contributed by atoms with Gasteiger partial charge in [-0.25, -0.2) is 5.48 Å². The van der Waals surface area contributed by atoms with Gasteiger partial charge in [0.25, 0.3) is 0 Å². The highest BCUT2D eigenvalue weighted by molar-refractivity contribution is 5.92. The first-order chi connectivity index (χ1) is 31.5. The summed E-state index contributed by atoms with van der Waals surface area (Å²) in [6.07, 6.45) is 2.52. The first-order valence-electron chi connectivity index (χ1n) is 22.5. The third-order valence-electron chi connectivity index (χ3n) is 10.6. The Morgan fingerprint density at radius 1 is 0.742 bits per heavy atom. The van der Waals surface area contributed by atoms with Gasteiger partial charge in [0, 0.05) is 58.2 Å². The van der Waals surface area contributed by atoms with Gasteiger partial charge in [0.05, 0.1) is 77.7 Å². The number of nitrogens with zero attached hydrogens (tertiary/aromatic N) is 3. The summed E-state index contributed by atoms with van der Waals surface area (Å²) in [6, 6.07) is 6.48. The second-order valence-corrected chi connectivity index (χ2v) is 16.8. The number of rotatable bonds is 34. The molecule has 0 saturated heterocycles. The van der Waals surface area contributed by atoms with E-state index in [9.17, 15) is 58.9 Å². The molecule has 21 heteroatoms. The van der Waals surface area contributed by atoms with Crippen molar-refractivity contribution >= 4 is 47.1 Å². The Bertz CT molecular complexity index is 1610. The van der Waals surface area contributed by atoms with E-state index in [0.29, 0.717) is 44.5 Å². The number of benzene rings is 1. The maximum Gasteiger partial charge on any atom is 0.317 e. The molecule has 2 aliphatic rings. The molecule has 0 spiro atoms. The van der Waals surface area contributed by atoms with Crippen molar-refractivity contribution in [3.63, 3.8) is 0 Å². The number of ketones is 3. The maximum absolute atomic E-state index is 13.8. The number of carbonyl (C=O) groups excluding carboxylic acids is 5. The Morgan fingerprint density at radius 3 is 1.77 bits per heavy atom. The van der Waals surface area contributed by atoms with Gasteiger partial charge in [-0.05, 0) is 69.1 Å². The number of amides is 2. The molecule has 6 N–H and O–H groups in total. The van der Waals surface area contributed by atoms with Crippen molar-refractivity contribution in [3.8, 4) is 5.75 Å². The first-order valence-corrected chi connectivity index (χ1v) is 22.5. The van der Waals surface area contributed by atoms with E-state index in [1.165, 1.54) is 16.7 Å². The molecule has 2 heterocycles. The molecule has 3 rings (SSSR count). The lowest BCUT2D eigenvalue weighted by Crippen LogP contribution is -2.49. The number of nitrogens with one attached hydrogen (secondary N) is 2. The molecule has 0 aromatic heterocycles. The number of hydrogen-bond acceptors (Lipinski definition) is 16. The van der Waals surface area contributed by atoms with Crippen molar-refractivity contribution in [1.82, 2.24) is 25.5 Å². The topological polar surface area (TPSA) is 288 Å². The minimum absolute atomic E-state index is 0.0244. The summed E-state index contributed by atoms with van der Waals surface area (Å²) in [4.78, 5) is 103. The number of ether oxygens (including phenoxy) is 4. The number of carboxylic acid groups (broad SMARTS) is 3. The van der Waals surface area contributed by atoms with Crippen LogP contribution in [0.4, 0.5) is 0 Å². The van der Waals surface area contributed by atoms with Crippen molar-refractivity contribution in [1.29, 1.82) is 0 Å². The van der Waals surface area contributed by atoms with Crippen molar-refractivity contribution in [2.45, 2.75) is 78.2 Å². The molecular formula is C45H71N5O16. The lowest BCUT2D eigenvalue weighted by atomic mass is 9.81. The van der Waals surface area contributed by atoms with Gasteiger partial charge in [0.2, 0.25) is 11.8 Å². The monoisotopic (exact) mass is 937 g/mol. The Balaban J connectivity index is 1.77. The molecule has 2 bridgehead atoms. The van der Waals surface area contributed by atoms with Crippen LogP contribution in [0.5, 0.6) is 5.75 Å². The van der Waals surface area contributed by atoms with Crippen LogP contribution in [-0.4, -0.2) is 193 Å². The van der Waals surface area contributed by atoms with Gasteiger partial charge in [0.15, 0.2) is 5.78 Å². The third-order valence-corrected chi connectivity index (χ3v) is 10.6. The predicted octanol–water partition coefficient (Wildman–Crippen LogP) is 1.17. The molecule has 2 amide bonds. The van der Waals surface area contributed by atoms with Crippen LogP contribution in [0, 0.1) is 17.8 Å². The molecule has 0 aliphatic carbocycles. The van der Waals surface area contributed by atoms with Crippen LogP contribution in [0.15, 0.2) is 24.3 Å². The number of hydroxylamine groups is 1. The van der Waals surface area contributed by atoms with Crippen molar-refractivity contribution in [3.05, 3.63) is 29.8 Å². The molecule has 1 aromatic carbocycles. The van der Waals surface area contributed by atoms with Crippen LogP contribution in [-0.2, 0) is 59.0 Å². The van der Waals surface area contributed by atoms with Gasteiger partial charge in [-0.1, -0.05) is 26.0 Å². The molecular weight excluding hydrogens is 867 g/mol. The second kappa shape index (κ2) is 32.7. The largest absolute Gasteiger partial charge is 0.494 e. The van der Waals surface area contributed by atoms with E-state index in [1.54, 1.807) is 22.5 Å². The molecule has 0 radical (unpaired) electrons. The quantitative estimate of drug-likeness (QED) is 0.0321. The fraction of sp³-hybridized carbons (Fsp3) is 0.689. The lowest BCUT2D eigenvalue weighted by Gasteiger charge is -2.29. The van der Waals surface area contributed by atoms with Gasteiger partial charge in [-0.15, -0.1) is 0 Å². The van der Waals surface area contributed by atoms with Gasteiger partial charge < -0.3 is 39.6 Å². The van der Waals surface area contributed by atoms with Crippen LogP contribution < -0.4 is 15.5 Å². The summed E-state index contributed by atoms with van der Waals surface area (Å²) >= 11 is 0. The van der Waals surface area contributed by atoms with E-state index in [0.717, 1.165) is 5.56 Å². The van der Waals surface area contributed by atoms with Gasteiger partial charge in [0.1, 0.15) is 17.3 Å². The van der Waals surface area contributed by atoms with Gasteiger partial charge in [-0.2, -0.15) is 0 Å². The number of Topliss-reactive ketones (excluding diaryl/α,β-unsaturated/α-hetero) is 3. The van der Waals surface area contributed by atoms with Crippen molar-refractivity contribution in [2.24, 2.45) is 17.8 Å². The van der Waals surface area contributed by atoms with E-state index < -0.39 is 67.2 Å². The highest BCUT2D eigenvalue weighted by atomic mass is 16.5. The number of hydrogen-bond donors (Lipinski definition) is 6. The molecule has 0 unspecified atom stereocenters. The van der Waals surface area contributed by atoms with Crippen LogP contribution in [0.25, 0.3) is 0 Å². The Kier molecular flexibility index (Phi) is 28.4. The highest BCUT2D eigenvalue weighted by Crippen LogP contribution is 2.27. The molecule has 66 heavy (non-hydrogen) atoms. The first kappa shape index (κ1) is 57.2. The number of aliphatic carboxylic acids is 3. The van der Waals surface area contributed by atoms with Gasteiger partial charge in [-0.3, -0.25) is 58.3 Å². The molecule has 3 atom stereocenters. The van der Waals surface area contributed by atoms with Crippen LogP contribution >= 0.6 is 0 Å². The number of carbonyl (C=O) groups is 8. The predicted molar refractivity (Wildman–Crippen MR) is 237 cm³/mol. The third kappa shape index (κ3) is 25.7. The molecule has 1 aromatic rings. The molecule has 2 aliphatic heterocycles. The van der Waals surface area contributed by atoms with Crippen LogP contribution in [0.2, 0.25) is 0 Å². The van der Waals surface area contributed by atoms with E-state index in [4.69, 9.17) is 18.9 Å². The summed E-state index contributed by atoms with van der Waals surface area (Å²) in [5, 5.41) is 40.0. The summed E-state index contributed by atoms with van der Waals surface area (Å²) in [7, 11) is 0. The number of fused-ring (bicyclic) bond motifs is 11. The summed E-state index contributed by atoms with van der Waals surface area (Å²) in [5.41, 5.74) is 2.54. The van der Waals surface area contributed by atoms with E-state index >= 15 is 0 Å². The smallest absolute Gasteiger partial charge is 0.317 e. The average molecular weight is 938 g/mol. The van der Waals surface area contributed by atoms with Gasteiger partial charge >= 0.3 is 17.9 Å². The summed E-state index contributed by atoms with van der Waals surface area (Å²) in [6.45, 7) is 6.06. The average Bonchev–Trinajstić information content (AvgIpc) is 3.24. The zero-order chi connectivity index (χ0) is 48.9. The SMILES string of the molecule is CC(=O)CN(CCN(CCN(CC(=O)O)CC(=O)O)CC(=O)CCCOCCOCCOCCCC(=O)[C@@H]1Cc2ccc(cc2)OCCC[C@H](C(=O)NO)[C@@H](CC(C)C)C(=O)N1)CC(=O)O. The standard InChI is InChI=1S/C45H71N5O16/c1-32(2)25-38-37(45(61)47-62)8-5-20-66-36-12-10-34(11-13-36)26-39(46-44(38)60)40(53)9-6-19-64-22-24-65-23-21-63-18-4-7-35(52)28-48(14-16-49(27-33(3)51)29-41(54)55)15-17-50(30-42(56)57)31-43(58)59/h10-13,32,37-39,62H,4-9,14-31H2,1-3H3,(H,46,60)(H,47,61)(H,54,55)(H,56,57)(H,58,59)/t37-,38+,39-/m0/s1. The van der Waals surface area contributed by atoms with Crippen molar-refractivity contribution < 1.29 is 77.8 Å². The summed E-state index contributed by atoms with van der Waals surface area (Å²) in [5.74, 6) is -6.05. The maximum atomic E-state index is 13.8. The fourth-order valence-corrected chi connectivity index (χ4v) is 7.45. The summed E-state index contributed by atoms with van der Waals surface area (Å²) < 4.78 is 22.7. The Hall–Kier alpha value is -4.90.